The molecule has 0 radical (unpaired) electrons. The number of furan rings is 1. The molecule has 2 heterocycles. The van der Waals surface area contributed by atoms with E-state index in [9.17, 15) is 18.0 Å². The first-order chi connectivity index (χ1) is 14.1. The van der Waals surface area contributed by atoms with Gasteiger partial charge in [-0.05, 0) is 61.4 Å². The van der Waals surface area contributed by atoms with Crippen molar-refractivity contribution in [3.05, 3.63) is 58.8 Å². The van der Waals surface area contributed by atoms with Crippen molar-refractivity contribution < 1.29 is 27.2 Å². The number of rotatable bonds is 4. The Bertz CT molecular complexity index is 1280. The summed E-state index contributed by atoms with van der Waals surface area (Å²) in [6, 6.07) is 10.5. The van der Waals surface area contributed by atoms with Crippen LogP contribution in [0.3, 0.4) is 0 Å². The predicted octanol–water partition coefficient (Wildman–Crippen LogP) is 2.87. The van der Waals surface area contributed by atoms with Gasteiger partial charge in [-0.25, -0.2) is 18.4 Å². The zero-order valence-corrected chi connectivity index (χ0v) is 17.4. The number of ether oxygens (including phenoxy) is 1. The molecule has 1 aliphatic heterocycles. The van der Waals surface area contributed by atoms with E-state index >= 15 is 0 Å². The van der Waals surface area contributed by atoms with E-state index in [0.717, 1.165) is 0 Å². The van der Waals surface area contributed by atoms with Crippen molar-refractivity contribution >= 4 is 50.2 Å². The molecule has 1 unspecified atom stereocenters. The molecule has 0 spiro atoms. The Balaban J connectivity index is 1.48. The lowest BCUT2D eigenvalue weighted by Gasteiger charge is -2.22. The van der Waals surface area contributed by atoms with Gasteiger partial charge in [-0.3, -0.25) is 4.79 Å². The van der Waals surface area contributed by atoms with E-state index in [1.807, 2.05) is 6.92 Å². The minimum atomic E-state index is -3.84. The largest absolute Gasteiger partial charge is 0.450 e. The molecule has 0 aliphatic carbocycles. The number of benzene rings is 2. The molecule has 156 valence electrons. The molecule has 1 aromatic heterocycles. The maximum Gasteiger partial charge on any atom is 0.374 e. The van der Waals surface area contributed by atoms with E-state index in [1.165, 1.54) is 29.2 Å². The number of hydrogen-bond acceptors (Lipinski definition) is 6. The molecule has 1 aliphatic rings. The predicted molar refractivity (Wildman–Crippen MR) is 110 cm³/mol. The zero-order valence-electron chi connectivity index (χ0n) is 15.8. The molecule has 1 atom stereocenters. The molecule has 0 fully saturated rings. The summed E-state index contributed by atoms with van der Waals surface area (Å²) < 4.78 is 33.7. The normalized spacial score (nSPS) is 16.0. The maximum absolute atomic E-state index is 12.7. The Kier molecular flexibility index (Phi) is 5.05. The number of esters is 1. The van der Waals surface area contributed by atoms with E-state index in [2.05, 4.69) is 0 Å². The summed E-state index contributed by atoms with van der Waals surface area (Å²) in [4.78, 5) is 26.5. The lowest BCUT2D eigenvalue weighted by molar-refractivity contribution is -0.122. The first-order valence-corrected chi connectivity index (χ1v) is 10.9. The lowest BCUT2D eigenvalue weighted by atomic mass is 10.1. The summed E-state index contributed by atoms with van der Waals surface area (Å²) >= 11 is 5.92. The number of carbonyl (C=O) groups is 2. The van der Waals surface area contributed by atoms with Crippen LogP contribution in [-0.4, -0.2) is 32.9 Å². The molecule has 1 amide bonds. The van der Waals surface area contributed by atoms with Crippen molar-refractivity contribution in [3.63, 3.8) is 0 Å². The number of carbonyl (C=O) groups excluding carboxylic acids is 2. The van der Waals surface area contributed by atoms with Gasteiger partial charge in [0.2, 0.25) is 15.8 Å². The van der Waals surface area contributed by atoms with Crippen LogP contribution in [0.1, 0.15) is 23.0 Å². The van der Waals surface area contributed by atoms with E-state index in [0.29, 0.717) is 33.7 Å². The van der Waals surface area contributed by atoms with Gasteiger partial charge in [0.1, 0.15) is 5.58 Å². The average molecular weight is 449 g/mol. The number of primary sulfonamides is 1. The number of halogens is 1. The molecule has 10 heteroatoms. The number of fused-ring (bicyclic) bond motifs is 2. The summed E-state index contributed by atoms with van der Waals surface area (Å²) in [5.41, 5.74) is 1.72. The van der Waals surface area contributed by atoms with Crippen LogP contribution in [0.5, 0.6) is 0 Å². The highest BCUT2D eigenvalue weighted by molar-refractivity contribution is 7.89. The SMILES string of the molecule is CC1Cc2cc(S(N)(=O)=O)ccc2N1C(=O)COC(=O)c1cc2cc(Cl)ccc2o1. The monoisotopic (exact) mass is 448 g/mol. The van der Waals surface area contributed by atoms with Gasteiger partial charge in [-0.1, -0.05) is 11.6 Å². The number of nitrogens with two attached hydrogens (primary N) is 1. The van der Waals surface area contributed by atoms with Crippen molar-refractivity contribution in [2.45, 2.75) is 24.3 Å². The van der Waals surface area contributed by atoms with Crippen LogP contribution in [0.2, 0.25) is 5.02 Å². The fourth-order valence-electron chi connectivity index (χ4n) is 3.55. The Labute approximate surface area is 177 Å². The quantitative estimate of drug-likeness (QED) is 0.613. The highest BCUT2D eigenvalue weighted by atomic mass is 35.5. The van der Waals surface area contributed by atoms with Crippen molar-refractivity contribution in [1.29, 1.82) is 0 Å². The van der Waals surface area contributed by atoms with Crippen molar-refractivity contribution in [3.8, 4) is 0 Å². The van der Waals surface area contributed by atoms with Gasteiger partial charge in [-0.15, -0.1) is 0 Å². The van der Waals surface area contributed by atoms with E-state index < -0.39 is 28.5 Å². The third kappa shape index (κ3) is 3.79. The van der Waals surface area contributed by atoms with Gasteiger partial charge in [0.25, 0.3) is 5.91 Å². The summed E-state index contributed by atoms with van der Waals surface area (Å²) in [6.45, 7) is 1.33. The lowest BCUT2D eigenvalue weighted by Crippen LogP contribution is -2.38. The molecule has 0 saturated carbocycles. The van der Waals surface area contributed by atoms with Crippen molar-refractivity contribution in [2.24, 2.45) is 5.14 Å². The Morgan fingerprint density at radius 2 is 2.00 bits per heavy atom. The number of anilines is 1. The average Bonchev–Trinajstić information content (AvgIpc) is 3.24. The van der Waals surface area contributed by atoms with Crippen LogP contribution in [-0.2, 0) is 26.0 Å². The summed E-state index contributed by atoms with van der Waals surface area (Å²) in [5, 5.41) is 6.32. The summed E-state index contributed by atoms with van der Waals surface area (Å²) in [7, 11) is -3.84. The van der Waals surface area contributed by atoms with Crippen LogP contribution in [0, 0.1) is 0 Å². The Morgan fingerprint density at radius 3 is 2.73 bits per heavy atom. The molecule has 3 aromatic rings. The molecule has 2 N–H and O–H groups in total. The molecule has 0 bridgehead atoms. The number of hydrogen-bond donors (Lipinski definition) is 1. The third-order valence-corrected chi connectivity index (χ3v) is 6.02. The van der Waals surface area contributed by atoms with Gasteiger partial charge >= 0.3 is 5.97 Å². The minimum absolute atomic E-state index is 0.0147. The number of nitrogens with zero attached hydrogens (tertiary/aromatic N) is 1. The van der Waals surface area contributed by atoms with E-state index in [1.54, 1.807) is 18.2 Å². The Hall–Kier alpha value is -2.88. The highest BCUT2D eigenvalue weighted by Crippen LogP contribution is 2.34. The summed E-state index contributed by atoms with van der Waals surface area (Å²) in [6.07, 6.45) is 0.461. The standard InChI is InChI=1S/C20H17ClN2O6S/c1-11-6-12-8-15(30(22,26)27)3-4-16(12)23(11)19(24)10-28-20(25)18-9-13-7-14(21)2-5-17(13)29-18/h2-5,7-9,11H,6,10H2,1H3,(H2,22,26,27). The fourth-order valence-corrected chi connectivity index (χ4v) is 4.29. The molecule has 8 nitrogen and oxygen atoms in total. The van der Waals surface area contributed by atoms with Gasteiger partial charge in [-0.2, -0.15) is 0 Å². The second-order valence-electron chi connectivity index (χ2n) is 7.02. The number of sulfonamides is 1. The smallest absolute Gasteiger partial charge is 0.374 e. The van der Waals surface area contributed by atoms with Crippen molar-refractivity contribution in [1.82, 2.24) is 0 Å². The van der Waals surface area contributed by atoms with Crippen LogP contribution < -0.4 is 10.0 Å². The molecular weight excluding hydrogens is 432 g/mol. The highest BCUT2D eigenvalue weighted by Gasteiger charge is 2.32. The summed E-state index contributed by atoms with van der Waals surface area (Å²) in [5.74, 6) is -1.24. The van der Waals surface area contributed by atoms with Crippen LogP contribution in [0.25, 0.3) is 11.0 Å². The molecule has 2 aromatic carbocycles. The van der Waals surface area contributed by atoms with Crippen LogP contribution >= 0.6 is 11.6 Å². The molecular formula is C20H17ClN2O6S. The third-order valence-electron chi connectivity index (χ3n) is 4.87. The van der Waals surface area contributed by atoms with Crippen LogP contribution in [0.4, 0.5) is 5.69 Å². The van der Waals surface area contributed by atoms with Crippen LogP contribution in [0.15, 0.2) is 51.8 Å². The molecule has 0 saturated heterocycles. The van der Waals surface area contributed by atoms with Gasteiger partial charge in [0, 0.05) is 22.1 Å². The minimum Gasteiger partial charge on any atom is -0.450 e. The first kappa shape index (κ1) is 20.4. The van der Waals surface area contributed by atoms with E-state index in [-0.39, 0.29) is 16.7 Å². The second kappa shape index (κ2) is 7.42. The number of amides is 1. The fraction of sp³-hybridized carbons (Fsp3) is 0.200. The van der Waals surface area contributed by atoms with Gasteiger partial charge in [0.05, 0.1) is 4.90 Å². The van der Waals surface area contributed by atoms with E-state index in [4.69, 9.17) is 25.9 Å². The Morgan fingerprint density at radius 1 is 1.23 bits per heavy atom. The maximum atomic E-state index is 12.7. The zero-order chi connectivity index (χ0) is 21.6. The second-order valence-corrected chi connectivity index (χ2v) is 9.02. The van der Waals surface area contributed by atoms with Gasteiger partial charge in [0.15, 0.2) is 6.61 Å². The molecule has 4 rings (SSSR count). The van der Waals surface area contributed by atoms with Gasteiger partial charge < -0.3 is 14.1 Å². The van der Waals surface area contributed by atoms with Crippen molar-refractivity contribution in [2.75, 3.05) is 11.5 Å². The molecule has 30 heavy (non-hydrogen) atoms. The topological polar surface area (TPSA) is 120 Å². The first-order valence-electron chi connectivity index (χ1n) is 8.97.